The average Bonchev–Trinajstić information content (AvgIpc) is 2.32. The number of hydrogen-bond donors (Lipinski definition) is 1. The van der Waals surface area contributed by atoms with Gasteiger partial charge in [-0.3, -0.25) is 0 Å². The molecule has 0 radical (unpaired) electrons. The van der Waals surface area contributed by atoms with E-state index in [0.29, 0.717) is 16.1 Å². The SMILES string of the molecule is Cc1ccc(F)cc1-c1ccc(Cl)cc1C(=O)O. The van der Waals surface area contributed by atoms with Crippen molar-refractivity contribution in [2.24, 2.45) is 0 Å². The van der Waals surface area contributed by atoms with Gasteiger partial charge in [0, 0.05) is 5.02 Å². The van der Waals surface area contributed by atoms with E-state index in [9.17, 15) is 9.18 Å². The van der Waals surface area contributed by atoms with Crippen LogP contribution in [0.1, 0.15) is 15.9 Å². The van der Waals surface area contributed by atoms with Crippen LogP contribution in [0.2, 0.25) is 5.02 Å². The normalized spacial score (nSPS) is 10.4. The second kappa shape index (κ2) is 4.78. The highest BCUT2D eigenvalue weighted by Gasteiger charge is 2.14. The van der Waals surface area contributed by atoms with Crippen LogP contribution < -0.4 is 0 Å². The Morgan fingerprint density at radius 2 is 1.89 bits per heavy atom. The third-order valence-corrected chi connectivity index (χ3v) is 2.94. The molecular weight excluding hydrogens is 255 g/mol. The van der Waals surface area contributed by atoms with Gasteiger partial charge < -0.3 is 5.11 Å². The van der Waals surface area contributed by atoms with Gasteiger partial charge in [-0.2, -0.15) is 0 Å². The highest BCUT2D eigenvalue weighted by Crippen LogP contribution is 2.29. The highest BCUT2D eigenvalue weighted by atomic mass is 35.5. The summed E-state index contributed by atoms with van der Waals surface area (Å²) < 4.78 is 13.3. The van der Waals surface area contributed by atoms with Crippen molar-refractivity contribution in [3.63, 3.8) is 0 Å². The largest absolute Gasteiger partial charge is 0.478 e. The Kier molecular flexibility index (Phi) is 3.34. The van der Waals surface area contributed by atoms with Gasteiger partial charge in [-0.15, -0.1) is 0 Å². The standard InChI is InChI=1S/C14H10ClFO2/c1-8-2-4-10(16)7-12(8)11-5-3-9(15)6-13(11)14(17)18/h2-7H,1H3,(H,17,18). The first-order valence-electron chi connectivity index (χ1n) is 5.28. The quantitative estimate of drug-likeness (QED) is 0.885. The summed E-state index contributed by atoms with van der Waals surface area (Å²) in [5, 5.41) is 9.50. The lowest BCUT2D eigenvalue weighted by Gasteiger charge is -2.10. The summed E-state index contributed by atoms with van der Waals surface area (Å²) in [5.41, 5.74) is 1.89. The van der Waals surface area contributed by atoms with Crippen LogP contribution >= 0.6 is 11.6 Å². The number of benzene rings is 2. The van der Waals surface area contributed by atoms with E-state index in [4.69, 9.17) is 16.7 Å². The van der Waals surface area contributed by atoms with Gasteiger partial charge in [-0.05, 0) is 47.9 Å². The topological polar surface area (TPSA) is 37.3 Å². The smallest absolute Gasteiger partial charge is 0.336 e. The van der Waals surface area contributed by atoms with Crippen LogP contribution in [0.15, 0.2) is 36.4 Å². The number of hydrogen-bond acceptors (Lipinski definition) is 1. The molecule has 0 aliphatic carbocycles. The van der Waals surface area contributed by atoms with Crippen LogP contribution in [-0.4, -0.2) is 11.1 Å². The lowest BCUT2D eigenvalue weighted by atomic mass is 9.96. The molecular formula is C14H10ClFO2. The van der Waals surface area contributed by atoms with Gasteiger partial charge in [-0.1, -0.05) is 23.7 Å². The molecule has 18 heavy (non-hydrogen) atoms. The maximum atomic E-state index is 13.3. The molecule has 0 unspecified atom stereocenters. The molecule has 0 aromatic heterocycles. The van der Waals surface area contributed by atoms with E-state index in [1.165, 1.54) is 18.2 Å². The van der Waals surface area contributed by atoms with Crippen molar-refractivity contribution in [2.45, 2.75) is 6.92 Å². The fraction of sp³-hybridized carbons (Fsp3) is 0.0714. The average molecular weight is 265 g/mol. The maximum absolute atomic E-state index is 13.3. The Labute approximate surface area is 109 Å². The molecule has 2 aromatic carbocycles. The van der Waals surface area contributed by atoms with Crippen LogP contribution in [0.25, 0.3) is 11.1 Å². The molecule has 0 aliphatic rings. The molecule has 0 atom stereocenters. The van der Waals surface area contributed by atoms with Crippen molar-refractivity contribution in [1.29, 1.82) is 0 Å². The predicted octanol–water partition coefficient (Wildman–Crippen LogP) is 4.15. The first-order valence-corrected chi connectivity index (χ1v) is 5.66. The van der Waals surface area contributed by atoms with Gasteiger partial charge in [0.15, 0.2) is 0 Å². The third-order valence-electron chi connectivity index (χ3n) is 2.70. The van der Waals surface area contributed by atoms with E-state index in [2.05, 4.69) is 0 Å². The van der Waals surface area contributed by atoms with E-state index in [-0.39, 0.29) is 5.56 Å². The van der Waals surface area contributed by atoms with Crippen LogP contribution in [0, 0.1) is 12.7 Å². The van der Waals surface area contributed by atoms with Gasteiger partial charge in [0.25, 0.3) is 0 Å². The zero-order chi connectivity index (χ0) is 13.3. The van der Waals surface area contributed by atoms with Crippen molar-refractivity contribution in [1.82, 2.24) is 0 Å². The lowest BCUT2D eigenvalue weighted by Crippen LogP contribution is -2.00. The minimum atomic E-state index is -1.09. The molecule has 1 N–H and O–H groups in total. The summed E-state index contributed by atoms with van der Waals surface area (Å²) in [5.74, 6) is -1.49. The summed E-state index contributed by atoms with van der Waals surface area (Å²) in [6, 6.07) is 8.83. The Morgan fingerprint density at radius 1 is 1.17 bits per heavy atom. The zero-order valence-electron chi connectivity index (χ0n) is 9.58. The summed E-state index contributed by atoms with van der Waals surface area (Å²) in [4.78, 5) is 11.2. The number of aromatic carboxylic acids is 1. The molecule has 0 fully saturated rings. The minimum absolute atomic E-state index is 0.0659. The molecule has 0 saturated heterocycles. The summed E-state index contributed by atoms with van der Waals surface area (Å²) in [6.45, 7) is 1.80. The van der Waals surface area contributed by atoms with Crippen molar-refractivity contribution < 1.29 is 14.3 Å². The second-order valence-electron chi connectivity index (χ2n) is 3.95. The van der Waals surface area contributed by atoms with Gasteiger partial charge in [0.2, 0.25) is 0 Å². The van der Waals surface area contributed by atoms with Crippen molar-refractivity contribution in [3.05, 3.63) is 58.4 Å². The summed E-state index contributed by atoms with van der Waals surface area (Å²) in [7, 11) is 0. The van der Waals surface area contributed by atoms with E-state index >= 15 is 0 Å². The highest BCUT2D eigenvalue weighted by molar-refractivity contribution is 6.31. The molecule has 0 amide bonds. The van der Waals surface area contributed by atoms with Crippen LogP contribution in [-0.2, 0) is 0 Å². The Balaban J connectivity index is 2.70. The molecule has 0 spiro atoms. The van der Waals surface area contributed by atoms with Gasteiger partial charge in [0.1, 0.15) is 5.82 Å². The number of rotatable bonds is 2. The van der Waals surface area contributed by atoms with Crippen molar-refractivity contribution in [2.75, 3.05) is 0 Å². The lowest BCUT2D eigenvalue weighted by molar-refractivity contribution is 0.0697. The molecule has 2 rings (SSSR count). The first kappa shape index (κ1) is 12.6. The van der Waals surface area contributed by atoms with E-state index in [0.717, 1.165) is 5.56 Å². The van der Waals surface area contributed by atoms with Crippen molar-refractivity contribution >= 4 is 17.6 Å². The van der Waals surface area contributed by atoms with Gasteiger partial charge in [0.05, 0.1) is 5.56 Å². The monoisotopic (exact) mass is 264 g/mol. The fourth-order valence-corrected chi connectivity index (χ4v) is 1.98. The molecule has 2 aromatic rings. The molecule has 2 nitrogen and oxygen atoms in total. The number of carbonyl (C=O) groups is 1. The predicted molar refractivity (Wildman–Crippen MR) is 68.5 cm³/mol. The summed E-state index contributed by atoms with van der Waals surface area (Å²) in [6.07, 6.45) is 0. The van der Waals surface area contributed by atoms with E-state index in [1.54, 1.807) is 25.1 Å². The maximum Gasteiger partial charge on any atom is 0.336 e. The molecule has 0 heterocycles. The zero-order valence-corrected chi connectivity index (χ0v) is 10.3. The Hall–Kier alpha value is -1.87. The van der Waals surface area contributed by atoms with E-state index in [1.807, 2.05) is 0 Å². The Morgan fingerprint density at radius 3 is 2.56 bits per heavy atom. The molecule has 0 aliphatic heterocycles. The van der Waals surface area contributed by atoms with Crippen molar-refractivity contribution in [3.8, 4) is 11.1 Å². The Bertz CT molecular complexity index is 623. The molecule has 0 bridgehead atoms. The molecule has 92 valence electrons. The first-order chi connectivity index (χ1) is 8.49. The number of carboxylic acids is 1. The minimum Gasteiger partial charge on any atom is -0.478 e. The second-order valence-corrected chi connectivity index (χ2v) is 4.39. The molecule has 0 saturated carbocycles. The number of carboxylic acid groups (broad SMARTS) is 1. The fourth-order valence-electron chi connectivity index (χ4n) is 1.81. The van der Waals surface area contributed by atoms with Gasteiger partial charge >= 0.3 is 5.97 Å². The third kappa shape index (κ3) is 2.36. The number of aryl methyl sites for hydroxylation is 1. The van der Waals surface area contributed by atoms with E-state index < -0.39 is 11.8 Å². The van der Waals surface area contributed by atoms with Crippen LogP contribution in [0.5, 0.6) is 0 Å². The van der Waals surface area contributed by atoms with Crippen LogP contribution in [0.3, 0.4) is 0 Å². The van der Waals surface area contributed by atoms with Crippen LogP contribution in [0.4, 0.5) is 4.39 Å². The summed E-state index contributed by atoms with van der Waals surface area (Å²) >= 11 is 5.78. The number of halogens is 2. The van der Waals surface area contributed by atoms with Gasteiger partial charge in [-0.25, -0.2) is 9.18 Å². The molecule has 4 heteroatoms.